The van der Waals surface area contributed by atoms with Crippen LogP contribution >= 0.6 is 50.7 Å². The van der Waals surface area contributed by atoms with E-state index in [1.807, 2.05) is 24.3 Å². The predicted octanol–water partition coefficient (Wildman–Crippen LogP) is 6.08. The summed E-state index contributed by atoms with van der Waals surface area (Å²) >= 11 is 22.0. The SMILES string of the molecule is Clc1ccc(Cl)c(C(Cl)c2ccccc2Br)c1. The molecule has 0 amide bonds. The average Bonchev–Trinajstić information content (AvgIpc) is 2.32. The Kier molecular flexibility index (Phi) is 4.37. The molecular weight excluding hydrogens is 342 g/mol. The molecule has 0 bridgehead atoms. The minimum absolute atomic E-state index is 0.322. The molecule has 2 aromatic carbocycles. The van der Waals surface area contributed by atoms with E-state index in [4.69, 9.17) is 34.8 Å². The second kappa shape index (κ2) is 5.62. The van der Waals surface area contributed by atoms with Crippen molar-refractivity contribution in [1.82, 2.24) is 0 Å². The van der Waals surface area contributed by atoms with Crippen LogP contribution in [0.1, 0.15) is 16.5 Å². The van der Waals surface area contributed by atoms with E-state index in [0.29, 0.717) is 10.0 Å². The van der Waals surface area contributed by atoms with Gasteiger partial charge in [-0.1, -0.05) is 57.3 Å². The molecular formula is C13H8BrCl3. The second-order valence-electron chi connectivity index (χ2n) is 3.55. The summed E-state index contributed by atoms with van der Waals surface area (Å²) in [5.41, 5.74) is 1.78. The van der Waals surface area contributed by atoms with Gasteiger partial charge in [-0.2, -0.15) is 0 Å². The number of rotatable bonds is 2. The molecule has 0 aliphatic carbocycles. The van der Waals surface area contributed by atoms with Crippen molar-refractivity contribution in [2.24, 2.45) is 0 Å². The van der Waals surface area contributed by atoms with Gasteiger partial charge < -0.3 is 0 Å². The molecule has 0 fully saturated rings. The quantitative estimate of drug-likeness (QED) is 0.575. The topological polar surface area (TPSA) is 0 Å². The van der Waals surface area contributed by atoms with Gasteiger partial charge in [0.1, 0.15) is 0 Å². The lowest BCUT2D eigenvalue weighted by Crippen LogP contribution is -1.95. The van der Waals surface area contributed by atoms with Crippen molar-refractivity contribution in [3.63, 3.8) is 0 Å². The van der Waals surface area contributed by atoms with Crippen molar-refractivity contribution in [1.29, 1.82) is 0 Å². The van der Waals surface area contributed by atoms with Crippen LogP contribution < -0.4 is 0 Å². The van der Waals surface area contributed by atoms with Gasteiger partial charge in [-0.3, -0.25) is 0 Å². The van der Waals surface area contributed by atoms with Crippen molar-refractivity contribution in [2.45, 2.75) is 5.38 Å². The molecule has 0 aliphatic rings. The highest BCUT2D eigenvalue weighted by Gasteiger charge is 2.16. The van der Waals surface area contributed by atoms with E-state index in [1.165, 1.54) is 0 Å². The third-order valence-corrected chi connectivity index (χ3v) is 4.18. The average molecular weight is 350 g/mol. The molecule has 0 saturated carbocycles. The van der Waals surface area contributed by atoms with E-state index in [0.717, 1.165) is 15.6 Å². The Labute approximate surface area is 124 Å². The zero-order chi connectivity index (χ0) is 12.4. The molecule has 88 valence electrons. The molecule has 1 atom stereocenters. The maximum atomic E-state index is 6.44. The monoisotopic (exact) mass is 348 g/mol. The summed E-state index contributed by atoms with van der Waals surface area (Å²) in [7, 11) is 0. The summed E-state index contributed by atoms with van der Waals surface area (Å²) in [6, 6.07) is 13.1. The highest BCUT2D eigenvalue weighted by atomic mass is 79.9. The van der Waals surface area contributed by atoms with Crippen LogP contribution in [0, 0.1) is 0 Å². The lowest BCUT2D eigenvalue weighted by molar-refractivity contribution is 1.13. The molecule has 0 spiro atoms. The van der Waals surface area contributed by atoms with Gasteiger partial charge in [0, 0.05) is 14.5 Å². The fraction of sp³-hybridized carbons (Fsp3) is 0.0769. The first kappa shape index (κ1) is 13.2. The molecule has 0 heterocycles. The zero-order valence-electron chi connectivity index (χ0n) is 8.63. The Morgan fingerprint density at radius 2 is 1.65 bits per heavy atom. The molecule has 17 heavy (non-hydrogen) atoms. The second-order valence-corrected chi connectivity index (χ2v) is 5.68. The van der Waals surface area contributed by atoms with Gasteiger partial charge in [-0.25, -0.2) is 0 Å². The largest absolute Gasteiger partial charge is 0.112 e. The highest BCUT2D eigenvalue weighted by molar-refractivity contribution is 9.10. The van der Waals surface area contributed by atoms with E-state index in [-0.39, 0.29) is 5.38 Å². The van der Waals surface area contributed by atoms with Gasteiger partial charge in [0.25, 0.3) is 0 Å². The molecule has 2 rings (SSSR count). The number of halogens is 4. The summed E-state index contributed by atoms with van der Waals surface area (Å²) < 4.78 is 0.955. The molecule has 2 aromatic rings. The van der Waals surface area contributed by atoms with Gasteiger partial charge in [0.2, 0.25) is 0 Å². The van der Waals surface area contributed by atoms with Crippen LogP contribution in [0.2, 0.25) is 10.0 Å². The normalized spacial score (nSPS) is 12.5. The minimum Gasteiger partial charge on any atom is -0.112 e. The maximum Gasteiger partial charge on any atom is 0.0861 e. The van der Waals surface area contributed by atoms with Crippen molar-refractivity contribution in [3.8, 4) is 0 Å². The van der Waals surface area contributed by atoms with E-state index < -0.39 is 0 Å². The molecule has 0 aliphatic heterocycles. The number of hydrogen-bond acceptors (Lipinski definition) is 0. The fourth-order valence-corrected chi connectivity index (χ4v) is 3.04. The molecule has 1 unspecified atom stereocenters. The van der Waals surface area contributed by atoms with Crippen molar-refractivity contribution < 1.29 is 0 Å². The van der Waals surface area contributed by atoms with Gasteiger partial charge in [0.05, 0.1) is 5.38 Å². The predicted molar refractivity (Wildman–Crippen MR) is 78.3 cm³/mol. The third kappa shape index (κ3) is 2.97. The number of alkyl halides is 1. The van der Waals surface area contributed by atoms with Gasteiger partial charge in [-0.05, 0) is 35.4 Å². The Morgan fingerprint density at radius 1 is 0.941 bits per heavy atom. The molecule has 0 saturated heterocycles. The van der Waals surface area contributed by atoms with Crippen LogP contribution in [0.3, 0.4) is 0 Å². The van der Waals surface area contributed by atoms with Crippen LogP contribution in [-0.4, -0.2) is 0 Å². The molecule has 0 nitrogen and oxygen atoms in total. The van der Waals surface area contributed by atoms with Crippen LogP contribution in [-0.2, 0) is 0 Å². The summed E-state index contributed by atoms with van der Waals surface area (Å²) in [4.78, 5) is 0. The lowest BCUT2D eigenvalue weighted by atomic mass is 10.0. The molecule has 0 N–H and O–H groups in total. The lowest BCUT2D eigenvalue weighted by Gasteiger charge is -2.14. The number of benzene rings is 2. The maximum absolute atomic E-state index is 6.44. The van der Waals surface area contributed by atoms with Crippen LogP contribution in [0.15, 0.2) is 46.9 Å². The molecule has 4 heteroatoms. The summed E-state index contributed by atoms with van der Waals surface area (Å²) in [5, 5.41) is 0.920. The van der Waals surface area contributed by atoms with Crippen molar-refractivity contribution >= 4 is 50.7 Å². The molecule has 0 radical (unpaired) electrons. The smallest absolute Gasteiger partial charge is 0.0861 e. The summed E-state index contributed by atoms with van der Waals surface area (Å²) in [6.45, 7) is 0. The van der Waals surface area contributed by atoms with Gasteiger partial charge in [0.15, 0.2) is 0 Å². The van der Waals surface area contributed by atoms with Crippen LogP contribution in [0.4, 0.5) is 0 Å². The summed E-state index contributed by atoms with van der Waals surface area (Å²) in [5.74, 6) is 0. The van der Waals surface area contributed by atoms with Crippen LogP contribution in [0.25, 0.3) is 0 Å². The Balaban J connectivity index is 2.47. The standard InChI is InChI=1S/C13H8BrCl3/c14-11-4-2-1-3-9(11)13(17)10-7-8(15)5-6-12(10)16/h1-7,13H. The zero-order valence-corrected chi connectivity index (χ0v) is 12.5. The van der Waals surface area contributed by atoms with Gasteiger partial charge in [-0.15, -0.1) is 11.6 Å². The Hall–Kier alpha value is -0.210. The fourth-order valence-electron chi connectivity index (χ4n) is 1.56. The Bertz CT molecular complexity index is 540. The first-order valence-corrected chi connectivity index (χ1v) is 6.91. The highest BCUT2D eigenvalue weighted by Crippen LogP contribution is 2.38. The van der Waals surface area contributed by atoms with Crippen molar-refractivity contribution in [3.05, 3.63) is 68.1 Å². The van der Waals surface area contributed by atoms with Gasteiger partial charge >= 0.3 is 0 Å². The number of hydrogen-bond donors (Lipinski definition) is 0. The van der Waals surface area contributed by atoms with E-state index in [1.54, 1.807) is 18.2 Å². The molecule has 0 aromatic heterocycles. The van der Waals surface area contributed by atoms with Crippen LogP contribution in [0.5, 0.6) is 0 Å². The van der Waals surface area contributed by atoms with E-state index >= 15 is 0 Å². The summed E-state index contributed by atoms with van der Waals surface area (Å²) in [6.07, 6.45) is 0. The first-order chi connectivity index (χ1) is 8.09. The first-order valence-electron chi connectivity index (χ1n) is 4.93. The third-order valence-electron chi connectivity index (χ3n) is 2.41. The minimum atomic E-state index is -0.322. The van der Waals surface area contributed by atoms with E-state index in [9.17, 15) is 0 Å². The Morgan fingerprint density at radius 3 is 2.35 bits per heavy atom. The van der Waals surface area contributed by atoms with E-state index in [2.05, 4.69) is 15.9 Å². The van der Waals surface area contributed by atoms with Crippen molar-refractivity contribution in [2.75, 3.05) is 0 Å².